The number of likely N-dealkylation sites (N-methyl/N-ethyl adjacent to an activating group) is 1. The van der Waals surface area contributed by atoms with E-state index < -0.39 is 0 Å². The summed E-state index contributed by atoms with van der Waals surface area (Å²) in [6.45, 7) is 0. The van der Waals surface area contributed by atoms with Crippen LogP contribution in [0.25, 0.3) is 0 Å². The summed E-state index contributed by atoms with van der Waals surface area (Å²) in [4.78, 5) is 4.13. The highest BCUT2D eigenvalue weighted by Crippen LogP contribution is 2.27. The highest BCUT2D eigenvalue weighted by molar-refractivity contribution is 9.10. The number of nitrogens with one attached hydrogen (secondary N) is 1. The third-order valence-corrected chi connectivity index (χ3v) is 3.73. The fourth-order valence-corrected chi connectivity index (χ4v) is 2.61. The molecule has 0 aliphatic rings. The maximum absolute atomic E-state index is 12.9. The maximum atomic E-state index is 12.9. The lowest BCUT2D eigenvalue weighted by Gasteiger charge is -2.16. The standard InChI is InChI=1S/C15H16BrFN2O/c1-18-14(13-5-4-11(17)9-19-13)8-10-3-6-15(20-2)12(16)7-10/h3-7,9,14,18H,8H2,1-2H3. The third kappa shape index (κ3) is 3.55. The van der Waals surface area contributed by atoms with Crippen molar-refractivity contribution in [2.24, 2.45) is 0 Å². The highest BCUT2D eigenvalue weighted by atomic mass is 79.9. The molecule has 0 radical (unpaired) electrons. The predicted molar refractivity (Wildman–Crippen MR) is 80.4 cm³/mol. The second kappa shape index (κ2) is 6.81. The van der Waals surface area contributed by atoms with Gasteiger partial charge in [-0.3, -0.25) is 4.98 Å². The minimum atomic E-state index is -0.323. The van der Waals surface area contributed by atoms with Crippen LogP contribution in [0.4, 0.5) is 4.39 Å². The molecule has 0 amide bonds. The Hall–Kier alpha value is -1.46. The molecule has 1 N–H and O–H groups in total. The zero-order valence-electron chi connectivity index (χ0n) is 11.4. The Kier molecular flexibility index (Phi) is 5.09. The van der Waals surface area contributed by atoms with E-state index in [2.05, 4.69) is 26.2 Å². The van der Waals surface area contributed by atoms with Crippen LogP contribution in [0.1, 0.15) is 17.3 Å². The molecule has 0 saturated carbocycles. The van der Waals surface area contributed by atoms with E-state index in [4.69, 9.17) is 4.74 Å². The van der Waals surface area contributed by atoms with E-state index in [1.165, 1.54) is 12.3 Å². The van der Waals surface area contributed by atoms with Crippen molar-refractivity contribution in [1.82, 2.24) is 10.3 Å². The van der Waals surface area contributed by atoms with Gasteiger partial charge in [-0.2, -0.15) is 0 Å². The number of pyridine rings is 1. The molecule has 1 aromatic heterocycles. The molecular weight excluding hydrogens is 323 g/mol. The summed E-state index contributed by atoms with van der Waals surface area (Å²) in [5, 5.41) is 3.20. The summed E-state index contributed by atoms with van der Waals surface area (Å²) in [5.74, 6) is 0.477. The Labute approximate surface area is 126 Å². The van der Waals surface area contributed by atoms with E-state index in [0.717, 1.165) is 27.9 Å². The van der Waals surface area contributed by atoms with Crippen molar-refractivity contribution >= 4 is 15.9 Å². The van der Waals surface area contributed by atoms with Gasteiger partial charge >= 0.3 is 0 Å². The van der Waals surface area contributed by atoms with Gasteiger partial charge in [0.05, 0.1) is 29.5 Å². The first-order chi connectivity index (χ1) is 9.63. The van der Waals surface area contributed by atoms with Crippen LogP contribution in [0.2, 0.25) is 0 Å². The lowest BCUT2D eigenvalue weighted by atomic mass is 10.0. The van der Waals surface area contributed by atoms with Gasteiger partial charge in [0.1, 0.15) is 11.6 Å². The van der Waals surface area contributed by atoms with Gasteiger partial charge in [0.2, 0.25) is 0 Å². The number of hydrogen-bond acceptors (Lipinski definition) is 3. The molecule has 5 heteroatoms. The van der Waals surface area contributed by atoms with E-state index >= 15 is 0 Å². The second-order valence-electron chi connectivity index (χ2n) is 4.42. The van der Waals surface area contributed by atoms with Gasteiger partial charge in [-0.1, -0.05) is 6.07 Å². The molecule has 1 unspecified atom stereocenters. The van der Waals surface area contributed by atoms with Crippen molar-refractivity contribution in [3.63, 3.8) is 0 Å². The van der Waals surface area contributed by atoms with Crippen LogP contribution < -0.4 is 10.1 Å². The zero-order valence-corrected chi connectivity index (χ0v) is 12.9. The molecule has 0 spiro atoms. The first-order valence-corrected chi connectivity index (χ1v) is 7.04. The molecule has 1 heterocycles. The van der Waals surface area contributed by atoms with E-state index in [-0.39, 0.29) is 11.9 Å². The van der Waals surface area contributed by atoms with Crippen LogP contribution in [-0.4, -0.2) is 19.1 Å². The maximum Gasteiger partial charge on any atom is 0.141 e. The van der Waals surface area contributed by atoms with Crippen LogP contribution in [0, 0.1) is 5.82 Å². The largest absolute Gasteiger partial charge is 0.496 e. The summed E-state index contributed by atoms with van der Waals surface area (Å²) in [6, 6.07) is 9.12. The number of aromatic nitrogens is 1. The lowest BCUT2D eigenvalue weighted by molar-refractivity contribution is 0.412. The predicted octanol–water partition coefficient (Wildman–Crippen LogP) is 3.50. The molecule has 0 fully saturated rings. The SMILES string of the molecule is CNC(Cc1ccc(OC)c(Br)c1)c1ccc(F)cn1. The molecule has 0 bridgehead atoms. The quantitative estimate of drug-likeness (QED) is 0.905. The van der Waals surface area contributed by atoms with Gasteiger partial charge in [-0.05, 0) is 59.2 Å². The highest BCUT2D eigenvalue weighted by Gasteiger charge is 2.12. The monoisotopic (exact) mass is 338 g/mol. The molecule has 0 aliphatic carbocycles. The van der Waals surface area contributed by atoms with Crippen molar-refractivity contribution in [2.75, 3.05) is 14.2 Å². The van der Waals surface area contributed by atoms with Crippen molar-refractivity contribution in [1.29, 1.82) is 0 Å². The second-order valence-corrected chi connectivity index (χ2v) is 5.27. The minimum Gasteiger partial charge on any atom is -0.496 e. The summed E-state index contributed by atoms with van der Waals surface area (Å²) >= 11 is 3.47. The Morgan fingerprint density at radius 3 is 2.70 bits per heavy atom. The fourth-order valence-electron chi connectivity index (χ4n) is 2.02. The lowest BCUT2D eigenvalue weighted by Crippen LogP contribution is -2.20. The topological polar surface area (TPSA) is 34.1 Å². The van der Waals surface area contributed by atoms with Gasteiger partial charge in [-0.15, -0.1) is 0 Å². The molecule has 0 saturated heterocycles. The van der Waals surface area contributed by atoms with Gasteiger partial charge in [0.15, 0.2) is 0 Å². The molecule has 106 valence electrons. The van der Waals surface area contributed by atoms with Crippen molar-refractivity contribution < 1.29 is 9.13 Å². The molecular formula is C15H16BrFN2O. The van der Waals surface area contributed by atoms with Crippen molar-refractivity contribution in [3.8, 4) is 5.75 Å². The Morgan fingerprint density at radius 2 is 2.15 bits per heavy atom. The number of halogens is 2. The van der Waals surface area contributed by atoms with Crippen molar-refractivity contribution in [2.45, 2.75) is 12.5 Å². The molecule has 1 atom stereocenters. The first kappa shape index (κ1) is 14.9. The average Bonchev–Trinajstić information content (AvgIpc) is 2.46. The fraction of sp³-hybridized carbons (Fsp3) is 0.267. The van der Waals surface area contributed by atoms with Crippen LogP contribution in [-0.2, 0) is 6.42 Å². The van der Waals surface area contributed by atoms with Gasteiger partial charge in [0, 0.05) is 0 Å². The molecule has 2 rings (SSSR count). The number of methoxy groups -OCH3 is 1. The zero-order chi connectivity index (χ0) is 14.5. The number of rotatable bonds is 5. The van der Waals surface area contributed by atoms with E-state index in [1.807, 2.05) is 25.2 Å². The van der Waals surface area contributed by atoms with Crippen LogP contribution in [0.5, 0.6) is 5.75 Å². The van der Waals surface area contributed by atoms with E-state index in [9.17, 15) is 4.39 Å². The molecule has 3 nitrogen and oxygen atoms in total. The van der Waals surface area contributed by atoms with E-state index in [1.54, 1.807) is 13.2 Å². The average molecular weight is 339 g/mol. The van der Waals surface area contributed by atoms with Crippen LogP contribution in [0.15, 0.2) is 41.0 Å². The molecule has 20 heavy (non-hydrogen) atoms. The summed E-state index contributed by atoms with van der Waals surface area (Å²) in [5.41, 5.74) is 1.96. The van der Waals surface area contributed by atoms with Crippen molar-refractivity contribution in [3.05, 3.63) is 58.1 Å². The summed E-state index contributed by atoms with van der Waals surface area (Å²) < 4.78 is 19.0. The van der Waals surface area contributed by atoms with Crippen LogP contribution >= 0.6 is 15.9 Å². The number of benzene rings is 1. The summed E-state index contributed by atoms with van der Waals surface area (Å²) in [6.07, 6.45) is 2.00. The normalized spacial score (nSPS) is 12.2. The third-order valence-electron chi connectivity index (χ3n) is 3.11. The van der Waals surface area contributed by atoms with Gasteiger partial charge in [-0.25, -0.2) is 4.39 Å². The van der Waals surface area contributed by atoms with E-state index in [0.29, 0.717) is 0 Å². The number of nitrogens with zero attached hydrogens (tertiary/aromatic N) is 1. The Bertz CT molecular complexity index is 575. The first-order valence-electron chi connectivity index (χ1n) is 6.25. The number of hydrogen-bond donors (Lipinski definition) is 1. The Morgan fingerprint density at radius 1 is 1.35 bits per heavy atom. The minimum absolute atomic E-state index is 0.0379. The number of ether oxygens (including phenoxy) is 1. The van der Waals surface area contributed by atoms with Crippen LogP contribution in [0.3, 0.4) is 0 Å². The summed E-state index contributed by atoms with van der Waals surface area (Å²) in [7, 11) is 3.51. The molecule has 1 aromatic carbocycles. The molecule has 0 aliphatic heterocycles. The van der Waals surface area contributed by atoms with Gasteiger partial charge in [0.25, 0.3) is 0 Å². The smallest absolute Gasteiger partial charge is 0.141 e. The molecule has 2 aromatic rings. The Balaban J connectivity index is 2.17. The van der Waals surface area contributed by atoms with Gasteiger partial charge < -0.3 is 10.1 Å².